The van der Waals surface area contributed by atoms with E-state index < -0.39 is 0 Å². The van der Waals surface area contributed by atoms with E-state index in [1.807, 2.05) is 39.0 Å². The van der Waals surface area contributed by atoms with Gasteiger partial charge in [-0.05, 0) is 51.8 Å². The third-order valence-corrected chi connectivity index (χ3v) is 3.86. The van der Waals surface area contributed by atoms with E-state index in [0.717, 1.165) is 41.3 Å². The van der Waals surface area contributed by atoms with Crippen molar-refractivity contribution in [1.29, 1.82) is 0 Å². The Morgan fingerprint density at radius 2 is 1.96 bits per heavy atom. The molecule has 5 nitrogen and oxygen atoms in total. The number of unbranched alkanes of at least 4 members (excludes halogenated alkanes) is 1. The van der Waals surface area contributed by atoms with Crippen molar-refractivity contribution in [1.82, 2.24) is 5.32 Å². The number of rotatable bonds is 12. The molecule has 0 heterocycles. The predicted octanol–water partition coefficient (Wildman–Crippen LogP) is 5.06. The van der Waals surface area contributed by atoms with Crippen molar-refractivity contribution >= 4 is 5.71 Å². The molecule has 26 heavy (non-hydrogen) atoms. The molecule has 0 aliphatic rings. The van der Waals surface area contributed by atoms with E-state index in [4.69, 9.17) is 14.3 Å². The zero-order valence-electron chi connectivity index (χ0n) is 17.1. The summed E-state index contributed by atoms with van der Waals surface area (Å²) >= 11 is 0. The van der Waals surface area contributed by atoms with Crippen molar-refractivity contribution in [3.05, 3.63) is 36.0 Å². The van der Waals surface area contributed by atoms with Crippen molar-refractivity contribution in [3.8, 4) is 11.5 Å². The lowest BCUT2D eigenvalue weighted by Gasteiger charge is -2.18. The molecule has 0 bridgehead atoms. The van der Waals surface area contributed by atoms with Crippen LogP contribution in [0.5, 0.6) is 11.5 Å². The van der Waals surface area contributed by atoms with Gasteiger partial charge in [-0.3, -0.25) is 0 Å². The third-order valence-electron chi connectivity index (χ3n) is 3.86. The number of methoxy groups -OCH3 is 1. The number of ether oxygens (including phenoxy) is 2. The van der Waals surface area contributed by atoms with Crippen LogP contribution in [-0.4, -0.2) is 25.0 Å². The number of hydrogen-bond acceptors (Lipinski definition) is 5. The van der Waals surface area contributed by atoms with Gasteiger partial charge in [-0.25, -0.2) is 0 Å². The minimum atomic E-state index is 0.0498. The molecule has 146 valence electrons. The maximum Gasteiger partial charge on any atom is 0.161 e. The van der Waals surface area contributed by atoms with E-state index in [0.29, 0.717) is 6.54 Å². The van der Waals surface area contributed by atoms with Gasteiger partial charge in [-0.2, -0.15) is 0 Å². The molecule has 1 unspecified atom stereocenters. The fourth-order valence-corrected chi connectivity index (χ4v) is 2.27. The highest BCUT2D eigenvalue weighted by Gasteiger charge is 2.10. The molecule has 1 N–H and O–H groups in total. The average Bonchev–Trinajstić information content (AvgIpc) is 2.62. The summed E-state index contributed by atoms with van der Waals surface area (Å²) < 4.78 is 11.5. The first kappa shape index (κ1) is 21.9. The van der Waals surface area contributed by atoms with Gasteiger partial charge in [0.15, 0.2) is 11.5 Å². The maximum atomic E-state index is 6.08. The molecular formula is C21H34N2O3. The first-order valence-electron chi connectivity index (χ1n) is 9.34. The van der Waals surface area contributed by atoms with E-state index in [2.05, 4.69) is 30.9 Å². The summed E-state index contributed by atoms with van der Waals surface area (Å²) in [4.78, 5) is 5.25. The van der Waals surface area contributed by atoms with E-state index >= 15 is 0 Å². The second-order valence-corrected chi connectivity index (χ2v) is 6.72. The Hall–Kier alpha value is -2.17. The van der Waals surface area contributed by atoms with Crippen LogP contribution in [0, 0.1) is 0 Å². The van der Waals surface area contributed by atoms with Crippen molar-refractivity contribution in [3.63, 3.8) is 0 Å². The molecule has 0 aliphatic heterocycles. The largest absolute Gasteiger partial charge is 0.493 e. The topological polar surface area (TPSA) is 52.1 Å². The standard InChI is InChI=1S/C21H34N2O3/c1-8-9-10-16(4)25-21-13-19(11-12-20(21)24-7)14-22-17(5)18(6)23-26-15(2)3/h11-13,15-16,22H,5,8-10,14H2,1-4,6-7H3/b23-18-. The Morgan fingerprint density at radius 1 is 1.23 bits per heavy atom. The molecular weight excluding hydrogens is 328 g/mol. The molecule has 0 radical (unpaired) electrons. The van der Waals surface area contributed by atoms with Crippen LogP contribution < -0.4 is 14.8 Å². The summed E-state index contributed by atoms with van der Waals surface area (Å²) in [6.07, 6.45) is 3.56. The Labute approximate surface area is 158 Å². The number of nitrogens with one attached hydrogen (secondary N) is 1. The van der Waals surface area contributed by atoms with Crippen molar-refractivity contribution in [2.24, 2.45) is 5.16 Å². The summed E-state index contributed by atoms with van der Waals surface area (Å²) in [6.45, 7) is 14.7. The Balaban J connectivity index is 2.71. The van der Waals surface area contributed by atoms with Gasteiger partial charge < -0.3 is 19.6 Å². The number of hydrogen-bond donors (Lipinski definition) is 1. The second kappa shape index (κ2) is 11.4. The molecule has 5 heteroatoms. The molecule has 0 amide bonds. The zero-order chi connectivity index (χ0) is 19.5. The van der Waals surface area contributed by atoms with E-state index in [1.54, 1.807) is 7.11 Å². The summed E-state index contributed by atoms with van der Waals surface area (Å²) in [6, 6.07) is 5.96. The molecule has 1 aromatic carbocycles. The van der Waals surface area contributed by atoms with Gasteiger partial charge >= 0.3 is 0 Å². The van der Waals surface area contributed by atoms with Crippen molar-refractivity contribution in [2.75, 3.05) is 7.11 Å². The molecule has 0 aliphatic carbocycles. The molecule has 0 spiro atoms. The van der Waals surface area contributed by atoms with Gasteiger partial charge in [-0.1, -0.05) is 37.6 Å². The van der Waals surface area contributed by atoms with Gasteiger partial charge in [0.25, 0.3) is 0 Å². The fourth-order valence-electron chi connectivity index (χ4n) is 2.27. The highest BCUT2D eigenvalue weighted by atomic mass is 16.6. The molecule has 1 atom stereocenters. The highest BCUT2D eigenvalue weighted by Crippen LogP contribution is 2.29. The number of benzene rings is 1. The molecule has 0 aromatic heterocycles. The molecule has 0 saturated carbocycles. The lowest BCUT2D eigenvalue weighted by molar-refractivity contribution is 0.0858. The summed E-state index contributed by atoms with van der Waals surface area (Å²) in [7, 11) is 1.66. The SMILES string of the molecule is C=C(NCc1ccc(OC)c(OC(C)CCCC)c1)/C(C)=N\OC(C)C. The minimum Gasteiger partial charge on any atom is -0.493 e. The highest BCUT2D eigenvalue weighted by molar-refractivity contribution is 5.96. The fraction of sp³-hybridized carbons (Fsp3) is 0.571. The number of allylic oxidation sites excluding steroid dienone is 1. The average molecular weight is 363 g/mol. The first-order chi connectivity index (χ1) is 12.4. The summed E-state index contributed by atoms with van der Waals surface area (Å²) in [5.74, 6) is 1.52. The molecule has 0 fully saturated rings. The predicted molar refractivity (Wildman–Crippen MR) is 108 cm³/mol. The van der Waals surface area contributed by atoms with Gasteiger partial charge in [0.1, 0.15) is 6.10 Å². The van der Waals surface area contributed by atoms with Crippen molar-refractivity contribution in [2.45, 2.75) is 72.6 Å². The van der Waals surface area contributed by atoms with Gasteiger partial charge in [0.05, 0.1) is 24.6 Å². The minimum absolute atomic E-state index is 0.0498. The second-order valence-electron chi connectivity index (χ2n) is 6.72. The van der Waals surface area contributed by atoms with E-state index in [9.17, 15) is 0 Å². The lowest BCUT2D eigenvalue weighted by Crippen LogP contribution is -2.18. The van der Waals surface area contributed by atoms with Crippen LogP contribution in [0.1, 0.15) is 59.4 Å². The van der Waals surface area contributed by atoms with Crippen LogP contribution in [0.2, 0.25) is 0 Å². The van der Waals surface area contributed by atoms with Gasteiger partial charge in [0, 0.05) is 6.54 Å². The summed E-state index contributed by atoms with van der Waals surface area (Å²) in [5.41, 5.74) is 2.55. The van der Waals surface area contributed by atoms with Crippen LogP contribution in [0.4, 0.5) is 0 Å². The molecule has 1 aromatic rings. The van der Waals surface area contributed by atoms with Crippen LogP contribution >= 0.6 is 0 Å². The Kier molecular flexibility index (Phi) is 9.63. The van der Waals surface area contributed by atoms with Gasteiger partial charge in [0.2, 0.25) is 0 Å². The van der Waals surface area contributed by atoms with Crippen molar-refractivity contribution < 1.29 is 14.3 Å². The smallest absolute Gasteiger partial charge is 0.161 e. The lowest BCUT2D eigenvalue weighted by atomic mass is 10.1. The van der Waals surface area contributed by atoms with E-state index in [1.165, 1.54) is 6.42 Å². The van der Waals surface area contributed by atoms with Crippen LogP contribution in [0.3, 0.4) is 0 Å². The van der Waals surface area contributed by atoms with Crippen LogP contribution in [-0.2, 0) is 11.4 Å². The number of oxime groups is 1. The molecule has 1 rings (SSSR count). The van der Waals surface area contributed by atoms with Crippen LogP contribution in [0.25, 0.3) is 0 Å². The van der Waals surface area contributed by atoms with Gasteiger partial charge in [-0.15, -0.1) is 0 Å². The quantitative estimate of drug-likeness (QED) is 0.417. The monoisotopic (exact) mass is 362 g/mol. The van der Waals surface area contributed by atoms with Crippen LogP contribution in [0.15, 0.2) is 35.6 Å². The normalized spacial score (nSPS) is 12.7. The first-order valence-corrected chi connectivity index (χ1v) is 9.34. The van der Waals surface area contributed by atoms with E-state index in [-0.39, 0.29) is 12.2 Å². The number of nitrogens with zero attached hydrogens (tertiary/aromatic N) is 1. The Bertz CT molecular complexity index is 597. The third kappa shape index (κ3) is 7.81. The zero-order valence-corrected chi connectivity index (χ0v) is 17.1. The molecule has 0 saturated heterocycles. The summed E-state index contributed by atoms with van der Waals surface area (Å²) in [5, 5.41) is 7.33. The maximum absolute atomic E-state index is 6.08. The Morgan fingerprint density at radius 3 is 2.58 bits per heavy atom.